The van der Waals surface area contributed by atoms with E-state index in [1.54, 1.807) is 0 Å². The smallest absolute Gasteiger partial charge is 0.330 e. The number of aromatic nitrogens is 1. The van der Waals surface area contributed by atoms with Crippen molar-refractivity contribution in [2.75, 3.05) is 7.11 Å². The summed E-state index contributed by atoms with van der Waals surface area (Å²) in [5, 5.41) is 0. The summed E-state index contributed by atoms with van der Waals surface area (Å²) < 4.78 is 4.61. The van der Waals surface area contributed by atoms with Gasteiger partial charge in [-0.3, -0.25) is 4.98 Å². The maximum atomic E-state index is 11.2. The lowest BCUT2D eigenvalue weighted by atomic mass is 9.81. The molecule has 2 atom stereocenters. The van der Waals surface area contributed by atoms with E-state index in [-0.39, 0.29) is 5.97 Å². The van der Waals surface area contributed by atoms with Crippen LogP contribution >= 0.6 is 0 Å². The number of hydrogen-bond donors (Lipinski definition) is 0. The number of allylic oxidation sites excluding steroid dienone is 5. The molecule has 1 aromatic heterocycles. The van der Waals surface area contributed by atoms with Gasteiger partial charge in [0.15, 0.2) is 0 Å². The summed E-state index contributed by atoms with van der Waals surface area (Å²) in [5.41, 5.74) is 5.65. The van der Waals surface area contributed by atoms with E-state index in [4.69, 9.17) is 4.98 Å². The van der Waals surface area contributed by atoms with Crippen LogP contribution in [-0.4, -0.2) is 18.1 Å². The van der Waals surface area contributed by atoms with Crippen molar-refractivity contribution in [1.82, 2.24) is 4.98 Å². The van der Waals surface area contributed by atoms with E-state index in [9.17, 15) is 4.79 Å². The normalized spacial score (nSPS) is 21.7. The minimum atomic E-state index is -0.336. The van der Waals surface area contributed by atoms with Gasteiger partial charge in [0.25, 0.3) is 0 Å². The first-order chi connectivity index (χ1) is 11.4. The fourth-order valence-electron chi connectivity index (χ4n) is 3.03. The Kier molecular flexibility index (Phi) is 6.13. The number of methoxy groups -OCH3 is 1. The Morgan fingerprint density at radius 3 is 2.62 bits per heavy atom. The van der Waals surface area contributed by atoms with E-state index in [1.807, 2.05) is 25.2 Å². The highest BCUT2D eigenvalue weighted by molar-refractivity contribution is 5.83. The molecule has 24 heavy (non-hydrogen) atoms. The maximum Gasteiger partial charge on any atom is 0.330 e. The maximum absolute atomic E-state index is 11.2. The Bertz CT molecular complexity index is 698. The van der Waals surface area contributed by atoms with E-state index in [0.717, 1.165) is 16.8 Å². The van der Waals surface area contributed by atoms with Gasteiger partial charge < -0.3 is 4.74 Å². The van der Waals surface area contributed by atoms with E-state index in [1.165, 1.54) is 37.3 Å². The van der Waals surface area contributed by atoms with Crippen molar-refractivity contribution >= 4 is 11.5 Å². The summed E-state index contributed by atoms with van der Waals surface area (Å²) in [7, 11) is 1.38. The Labute approximate surface area is 145 Å². The third kappa shape index (κ3) is 4.44. The average molecular weight is 325 g/mol. The molecule has 0 aromatic carbocycles. The number of hydrogen-bond acceptors (Lipinski definition) is 3. The standard InChI is InChI=1S/C21H27NO2/c1-14(13-20(23)24-5)7-6-8-16(3)19-12-11-18-15(2)9-10-17(4)21(18)22-19/h6-8,11-13,15,17H,9-10H2,1-5H3/b7-6+,14-13+,16-8+. The molecule has 0 bridgehead atoms. The molecule has 1 aliphatic rings. The summed E-state index contributed by atoms with van der Waals surface area (Å²) >= 11 is 0. The molecule has 2 unspecified atom stereocenters. The largest absolute Gasteiger partial charge is 0.466 e. The van der Waals surface area contributed by atoms with E-state index in [2.05, 4.69) is 37.6 Å². The van der Waals surface area contributed by atoms with Gasteiger partial charge in [0.2, 0.25) is 0 Å². The van der Waals surface area contributed by atoms with Gasteiger partial charge in [0.1, 0.15) is 0 Å². The number of carbonyl (C=O) groups excluding carboxylic acids is 1. The molecule has 3 nitrogen and oxygen atoms in total. The number of pyridine rings is 1. The fourth-order valence-corrected chi connectivity index (χ4v) is 3.03. The highest BCUT2D eigenvalue weighted by atomic mass is 16.5. The molecule has 0 fully saturated rings. The summed E-state index contributed by atoms with van der Waals surface area (Å²) in [6.45, 7) is 8.49. The third-order valence-electron chi connectivity index (χ3n) is 4.64. The van der Waals surface area contributed by atoms with Crippen molar-refractivity contribution < 1.29 is 9.53 Å². The van der Waals surface area contributed by atoms with Crippen LogP contribution in [0.25, 0.3) is 5.57 Å². The lowest BCUT2D eigenvalue weighted by molar-refractivity contribution is -0.134. The molecule has 0 saturated heterocycles. The molecule has 0 radical (unpaired) electrons. The monoisotopic (exact) mass is 325 g/mol. The quantitative estimate of drug-likeness (QED) is 0.436. The molecule has 0 saturated carbocycles. The molecule has 0 N–H and O–H groups in total. The van der Waals surface area contributed by atoms with Gasteiger partial charge in [-0.2, -0.15) is 0 Å². The van der Waals surface area contributed by atoms with Crippen LogP contribution in [0.5, 0.6) is 0 Å². The van der Waals surface area contributed by atoms with E-state index >= 15 is 0 Å². The second-order valence-corrected chi connectivity index (χ2v) is 6.67. The molecule has 2 rings (SSSR count). The molecule has 0 amide bonds. The molecule has 0 spiro atoms. The predicted octanol–water partition coefficient (Wildman–Crippen LogP) is 5.16. The van der Waals surface area contributed by atoms with Crippen LogP contribution in [0.3, 0.4) is 0 Å². The van der Waals surface area contributed by atoms with Crippen LogP contribution in [0.15, 0.2) is 42.0 Å². The zero-order chi connectivity index (χ0) is 17.7. The molecule has 1 heterocycles. The van der Waals surface area contributed by atoms with E-state index < -0.39 is 0 Å². The van der Waals surface area contributed by atoms with Gasteiger partial charge in [-0.25, -0.2) is 4.79 Å². The van der Waals surface area contributed by atoms with Crippen molar-refractivity contribution in [3.8, 4) is 0 Å². The molecule has 0 aliphatic heterocycles. The third-order valence-corrected chi connectivity index (χ3v) is 4.64. The van der Waals surface area contributed by atoms with Crippen LogP contribution in [0, 0.1) is 0 Å². The lowest BCUT2D eigenvalue weighted by Gasteiger charge is -2.26. The van der Waals surface area contributed by atoms with E-state index in [0.29, 0.717) is 11.8 Å². The molecule has 3 heteroatoms. The Hall–Kier alpha value is -2.16. The molecular formula is C21H27NO2. The predicted molar refractivity (Wildman–Crippen MR) is 98.9 cm³/mol. The summed E-state index contributed by atoms with van der Waals surface area (Å²) in [4.78, 5) is 16.1. The van der Waals surface area contributed by atoms with Crippen molar-refractivity contribution in [2.24, 2.45) is 0 Å². The molecule has 128 valence electrons. The molecular weight excluding hydrogens is 298 g/mol. The van der Waals surface area contributed by atoms with Crippen LogP contribution in [0.4, 0.5) is 0 Å². The van der Waals surface area contributed by atoms with Crippen molar-refractivity contribution in [3.63, 3.8) is 0 Å². The second kappa shape index (κ2) is 8.09. The van der Waals surface area contributed by atoms with Gasteiger partial charge in [-0.05, 0) is 61.3 Å². The topological polar surface area (TPSA) is 39.2 Å². The number of fused-ring (bicyclic) bond motifs is 1. The number of rotatable bonds is 4. The molecule has 1 aromatic rings. The first-order valence-electron chi connectivity index (χ1n) is 8.54. The molecule has 1 aliphatic carbocycles. The minimum Gasteiger partial charge on any atom is -0.466 e. The van der Waals surface area contributed by atoms with Crippen molar-refractivity contribution in [1.29, 1.82) is 0 Å². The Balaban J connectivity index is 2.18. The summed E-state index contributed by atoms with van der Waals surface area (Å²) in [5.74, 6) is 0.801. The Morgan fingerprint density at radius 1 is 1.21 bits per heavy atom. The second-order valence-electron chi connectivity index (χ2n) is 6.67. The lowest BCUT2D eigenvalue weighted by Crippen LogP contribution is -2.13. The van der Waals surface area contributed by atoms with Gasteiger partial charge in [0.05, 0.1) is 12.8 Å². The number of ether oxygens (including phenoxy) is 1. The van der Waals surface area contributed by atoms with Gasteiger partial charge in [0, 0.05) is 11.8 Å². The number of esters is 1. The average Bonchev–Trinajstić information content (AvgIpc) is 2.57. The SMILES string of the molecule is COC(=O)/C=C(C)/C=C/C=C(\C)c1ccc2c(n1)C(C)CCC2C. The number of carbonyl (C=O) groups is 1. The highest BCUT2D eigenvalue weighted by Gasteiger charge is 2.23. The first kappa shape index (κ1) is 18.2. The zero-order valence-corrected chi connectivity index (χ0v) is 15.3. The highest BCUT2D eigenvalue weighted by Crippen LogP contribution is 2.37. The van der Waals surface area contributed by atoms with Crippen LogP contribution in [-0.2, 0) is 9.53 Å². The first-order valence-corrected chi connectivity index (χ1v) is 8.54. The summed E-state index contributed by atoms with van der Waals surface area (Å²) in [6, 6.07) is 4.35. The fraction of sp³-hybridized carbons (Fsp3) is 0.429. The van der Waals surface area contributed by atoms with Crippen molar-refractivity contribution in [3.05, 3.63) is 59.0 Å². The van der Waals surface area contributed by atoms with Crippen LogP contribution in [0.1, 0.15) is 69.3 Å². The van der Waals surface area contributed by atoms with Gasteiger partial charge in [-0.15, -0.1) is 0 Å². The minimum absolute atomic E-state index is 0.336. The summed E-state index contributed by atoms with van der Waals surface area (Å²) in [6.07, 6.45) is 9.80. The number of nitrogens with zero attached hydrogens (tertiary/aromatic N) is 1. The van der Waals surface area contributed by atoms with Crippen molar-refractivity contribution in [2.45, 2.75) is 52.4 Å². The van der Waals surface area contributed by atoms with Crippen LogP contribution in [0.2, 0.25) is 0 Å². The zero-order valence-electron chi connectivity index (χ0n) is 15.3. The van der Waals surface area contributed by atoms with Gasteiger partial charge >= 0.3 is 5.97 Å². The van der Waals surface area contributed by atoms with Crippen LogP contribution < -0.4 is 0 Å². The van der Waals surface area contributed by atoms with Gasteiger partial charge in [-0.1, -0.05) is 38.1 Å². The Morgan fingerprint density at radius 2 is 1.92 bits per heavy atom.